The van der Waals surface area contributed by atoms with Gasteiger partial charge in [-0.15, -0.1) is 10.2 Å². The van der Waals surface area contributed by atoms with E-state index in [0.717, 1.165) is 30.6 Å². The summed E-state index contributed by atoms with van der Waals surface area (Å²) in [5.41, 5.74) is -0.428. The fourth-order valence-electron chi connectivity index (χ4n) is 1.59. The van der Waals surface area contributed by atoms with E-state index in [0.29, 0.717) is 16.3 Å². The van der Waals surface area contributed by atoms with Crippen LogP contribution in [0.1, 0.15) is 5.56 Å². The summed E-state index contributed by atoms with van der Waals surface area (Å²) >= 11 is 0.446. The minimum absolute atomic E-state index is 0.265. The van der Waals surface area contributed by atoms with Crippen LogP contribution in [0.15, 0.2) is 35.7 Å². The highest BCUT2D eigenvalue weighted by Crippen LogP contribution is 2.34. The Hall–Kier alpha value is -1.71. The molecule has 0 fully saturated rings. The first-order valence-corrected chi connectivity index (χ1v) is 6.87. The van der Waals surface area contributed by atoms with Gasteiger partial charge in [0.2, 0.25) is 0 Å². The van der Waals surface area contributed by atoms with Crippen LogP contribution < -0.4 is 0 Å². The smallest absolute Gasteiger partial charge is 0.299 e. The fourth-order valence-corrected chi connectivity index (χ4v) is 2.45. The molecule has 0 spiro atoms. The van der Waals surface area contributed by atoms with Crippen LogP contribution in [-0.2, 0) is 12.5 Å². The van der Waals surface area contributed by atoms with Crippen molar-refractivity contribution in [2.75, 3.05) is 5.75 Å². The van der Waals surface area contributed by atoms with Crippen LogP contribution >= 0.6 is 11.8 Å². The maximum Gasteiger partial charge on any atom is 0.406 e. The Morgan fingerprint density at radius 2 is 1.68 bits per heavy atom. The Bertz CT molecular complexity index is 623. The predicted octanol–water partition coefficient (Wildman–Crippen LogP) is 3.86. The zero-order valence-corrected chi connectivity index (χ0v) is 11.6. The zero-order chi connectivity index (χ0) is 16.4. The normalized spacial score (nSPS) is 12.6. The van der Waals surface area contributed by atoms with E-state index in [-0.39, 0.29) is 5.16 Å². The third kappa shape index (κ3) is 4.39. The van der Waals surface area contributed by atoms with Crippen LogP contribution in [0.5, 0.6) is 0 Å². The number of nitrogens with zero attached hydrogens (tertiary/aromatic N) is 3. The molecule has 0 N–H and O–H groups in total. The molecule has 2 aromatic rings. The molecule has 120 valence electrons. The lowest BCUT2D eigenvalue weighted by Crippen LogP contribution is -2.20. The van der Waals surface area contributed by atoms with Gasteiger partial charge < -0.3 is 0 Å². The summed E-state index contributed by atoms with van der Waals surface area (Å²) in [6, 6.07) is 3.63. The summed E-state index contributed by atoms with van der Waals surface area (Å²) in [5.74, 6) is -4.83. The maximum atomic E-state index is 13.9. The molecule has 0 bridgehead atoms. The van der Waals surface area contributed by atoms with Crippen LogP contribution in [-0.4, -0.2) is 26.7 Å². The molecule has 0 atom stereocenters. The standard InChI is InChI=1S/C12H9F6N3S/c13-9-3-1-8(2-4-9)11(14,15)6-22-10-20-19-7-21(10)5-12(16,17)18/h1-4,7H,5-6H2. The summed E-state index contributed by atoms with van der Waals surface area (Å²) in [6.45, 7) is -1.36. The molecule has 22 heavy (non-hydrogen) atoms. The topological polar surface area (TPSA) is 30.7 Å². The first kappa shape index (κ1) is 16.7. The van der Waals surface area contributed by atoms with Crippen molar-refractivity contribution in [2.45, 2.75) is 23.8 Å². The van der Waals surface area contributed by atoms with Gasteiger partial charge >= 0.3 is 6.18 Å². The van der Waals surface area contributed by atoms with Gasteiger partial charge in [0.15, 0.2) is 5.16 Å². The first-order chi connectivity index (χ1) is 10.2. The van der Waals surface area contributed by atoms with Crippen molar-refractivity contribution in [2.24, 2.45) is 0 Å². The van der Waals surface area contributed by atoms with Gasteiger partial charge in [0.05, 0.1) is 5.75 Å². The Kier molecular flexibility index (Phi) is 4.69. The average molecular weight is 341 g/mol. The minimum Gasteiger partial charge on any atom is -0.299 e. The molecule has 0 unspecified atom stereocenters. The fraction of sp³-hybridized carbons (Fsp3) is 0.333. The van der Waals surface area contributed by atoms with E-state index in [1.54, 1.807) is 0 Å². The highest BCUT2D eigenvalue weighted by atomic mass is 32.2. The molecule has 0 aliphatic carbocycles. The summed E-state index contributed by atoms with van der Waals surface area (Å²) in [4.78, 5) is 0. The van der Waals surface area contributed by atoms with Crippen molar-refractivity contribution in [1.29, 1.82) is 0 Å². The number of rotatable bonds is 5. The predicted molar refractivity (Wildman–Crippen MR) is 67.1 cm³/mol. The van der Waals surface area contributed by atoms with Crippen LogP contribution in [0.2, 0.25) is 0 Å². The van der Waals surface area contributed by atoms with Crippen molar-refractivity contribution < 1.29 is 26.3 Å². The Morgan fingerprint density at radius 1 is 1.05 bits per heavy atom. The summed E-state index contributed by atoms with van der Waals surface area (Å²) in [7, 11) is 0. The molecule has 0 saturated carbocycles. The SMILES string of the molecule is Fc1ccc(C(F)(F)CSc2nncn2CC(F)(F)F)cc1. The van der Waals surface area contributed by atoms with E-state index in [1.165, 1.54) is 0 Å². The van der Waals surface area contributed by atoms with Gasteiger partial charge in [0.1, 0.15) is 18.7 Å². The van der Waals surface area contributed by atoms with E-state index < -0.39 is 35.8 Å². The molecule has 0 aliphatic heterocycles. The van der Waals surface area contributed by atoms with Gasteiger partial charge in [-0.05, 0) is 12.1 Å². The molecular formula is C12H9F6N3S. The number of hydrogen-bond acceptors (Lipinski definition) is 3. The van der Waals surface area contributed by atoms with Gasteiger partial charge in [0, 0.05) is 5.56 Å². The second-order valence-electron chi connectivity index (χ2n) is 4.36. The third-order valence-electron chi connectivity index (χ3n) is 2.58. The second-order valence-corrected chi connectivity index (χ2v) is 5.30. The monoisotopic (exact) mass is 341 g/mol. The molecule has 1 heterocycles. The van der Waals surface area contributed by atoms with Crippen LogP contribution in [0.3, 0.4) is 0 Å². The molecule has 1 aromatic heterocycles. The van der Waals surface area contributed by atoms with Gasteiger partial charge in [0.25, 0.3) is 5.92 Å². The van der Waals surface area contributed by atoms with E-state index in [2.05, 4.69) is 10.2 Å². The molecule has 0 aliphatic rings. The average Bonchev–Trinajstić information content (AvgIpc) is 2.82. The van der Waals surface area contributed by atoms with Crippen LogP contribution in [0.4, 0.5) is 26.3 Å². The van der Waals surface area contributed by atoms with Crippen molar-refractivity contribution in [3.8, 4) is 0 Å². The first-order valence-electron chi connectivity index (χ1n) is 5.89. The van der Waals surface area contributed by atoms with Gasteiger partial charge in [-0.25, -0.2) is 13.2 Å². The molecule has 2 rings (SSSR count). The maximum absolute atomic E-state index is 13.9. The van der Waals surface area contributed by atoms with Crippen LogP contribution in [0.25, 0.3) is 0 Å². The number of thioether (sulfide) groups is 1. The summed E-state index contributed by atoms with van der Waals surface area (Å²) in [6.07, 6.45) is -3.68. The zero-order valence-electron chi connectivity index (χ0n) is 10.8. The lowest BCUT2D eigenvalue weighted by molar-refractivity contribution is -0.142. The Morgan fingerprint density at radius 3 is 2.27 bits per heavy atom. The molecule has 3 nitrogen and oxygen atoms in total. The molecule has 0 saturated heterocycles. The molecule has 0 radical (unpaired) electrons. The van der Waals surface area contributed by atoms with Crippen LogP contribution in [0, 0.1) is 5.82 Å². The summed E-state index contributed by atoms with van der Waals surface area (Å²) < 4.78 is 78.1. The van der Waals surface area contributed by atoms with E-state index >= 15 is 0 Å². The highest BCUT2D eigenvalue weighted by molar-refractivity contribution is 7.99. The Balaban J connectivity index is 2.06. The number of alkyl halides is 5. The number of aromatic nitrogens is 3. The van der Waals surface area contributed by atoms with Gasteiger partial charge in [-0.3, -0.25) is 4.57 Å². The van der Waals surface area contributed by atoms with Crippen molar-refractivity contribution >= 4 is 11.8 Å². The van der Waals surface area contributed by atoms with Crippen molar-refractivity contribution in [1.82, 2.24) is 14.8 Å². The van der Waals surface area contributed by atoms with Gasteiger partial charge in [-0.1, -0.05) is 23.9 Å². The molecular weight excluding hydrogens is 332 g/mol. The van der Waals surface area contributed by atoms with E-state index in [4.69, 9.17) is 0 Å². The van der Waals surface area contributed by atoms with Gasteiger partial charge in [-0.2, -0.15) is 13.2 Å². The molecule has 10 heteroatoms. The highest BCUT2D eigenvalue weighted by Gasteiger charge is 2.34. The Labute approximate surface area is 125 Å². The van der Waals surface area contributed by atoms with E-state index in [9.17, 15) is 26.3 Å². The number of hydrogen-bond donors (Lipinski definition) is 0. The molecule has 1 aromatic carbocycles. The number of halogens is 6. The third-order valence-corrected chi connectivity index (χ3v) is 3.66. The van der Waals surface area contributed by atoms with Crippen molar-refractivity contribution in [3.63, 3.8) is 0 Å². The largest absolute Gasteiger partial charge is 0.406 e. The van der Waals surface area contributed by atoms with Crippen molar-refractivity contribution in [3.05, 3.63) is 42.0 Å². The summed E-state index contributed by atoms with van der Waals surface area (Å²) in [5, 5.41) is 6.42. The molecule has 0 amide bonds. The lowest BCUT2D eigenvalue weighted by atomic mass is 10.1. The second kappa shape index (κ2) is 6.19. The minimum atomic E-state index is -4.50. The lowest BCUT2D eigenvalue weighted by Gasteiger charge is -2.16. The quantitative estimate of drug-likeness (QED) is 0.611. The number of benzene rings is 1. The van der Waals surface area contributed by atoms with E-state index in [1.807, 2.05) is 0 Å².